The molecule has 18 heavy (non-hydrogen) atoms. The van der Waals surface area contributed by atoms with E-state index < -0.39 is 0 Å². The number of aromatic nitrogens is 2. The van der Waals surface area contributed by atoms with Crippen LogP contribution in [0.4, 0.5) is 0 Å². The van der Waals surface area contributed by atoms with E-state index >= 15 is 0 Å². The second-order valence-corrected chi connectivity index (χ2v) is 4.15. The Morgan fingerprint density at radius 2 is 2.00 bits per heavy atom. The number of benzene rings is 1. The highest BCUT2D eigenvalue weighted by atomic mass is 16.3. The third-order valence-electron chi connectivity index (χ3n) is 3.01. The number of aromatic amines is 1. The summed E-state index contributed by atoms with van der Waals surface area (Å²) in [6, 6.07) is 8.39. The summed E-state index contributed by atoms with van der Waals surface area (Å²) in [5, 5.41) is 15.7. The summed E-state index contributed by atoms with van der Waals surface area (Å²) in [5.41, 5.74) is 1.42. The molecule has 5 heteroatoms. The van der Waals surface area contributed by atoms with Gasteiger partial charge < -0.3 is 10.0 Å². The first kappa shape index (κ1) is 12.2. The molecule has 0 spiro atoms. The standard InChI is InChI=1S/C13H15N3O2/c1-9(10-3-5-11(17)6-4-10)16(2)13(18)12-7-8-14-15-12/h3-9,17H,1-2H3,(H,14,15). The lowest BCUT2D eigenvalue weighted by atomic mass is 10.1. The molecule has 5 nitrogen and oxygen atoms in total. The molecule has 1 aromatic heterocycles. The fourth-order valence-corrected chi connectivity index (χ4v) is 1.72. The van der Waals surface area contributed by atoms with Gasteiger partial charge in [-0.15, -0.1) is 0 Å². The van der Waals surface area contributed by atoms with Crippen molar-refractivity contribution in [3.8, 4) is 5.75 Å². The zero-order chi connectivity index (χ0) is 13.1. The van der Waals surface area contributed by atoms with E-state index in [1.54, 1.807) is 48.5 Å². The monoisotopic (exact) mass is 245 g/mol. The lowest BCUT2D eigenvalue weighted by Crippen LogP contribution is -2.29. The van der Waals surface area contributed by atoms with Crippen molar-refractivity contribution in [1.82, 2.24) is 15.1 Å². The molecule has 0 aliphatic rings. The van der Waals surface area contributed by atoms with E-state index in [4.69, 9.17) is 0 Å². The highest BCUT2D eigenvalue weighted by molar-refractivity contribution is 5.92. The van der Waals surface area contributed by atoms with Gasteiger partial charge in [0.15, 0.2) is 0 Å². The van der Waals surface area contributed by atoms with Gasteiger partial charge in [0.25, 0.3) is 5.91 Å². The summed E-state index contributed by atoms with van der Waals surface area (Å²) >= 11 is 0. The number of hydrogen-bond acceptors (Lipinski definition) is 3. The Balaban J connectivity index is 2.16. The molecule has 2 N–H and O–H groups in total. The molecule has 2 aromatic rings. The number of H-pyrrole nitrogens is 1. The number of carbonyl (C=O) groups excluding carboxylic acids is 1. The molecule has 1 unspecified atom stereocenters. The summed E-state index contributed by atoms with van der Waals surface area (Å²) in [5.74, 6) is 0.0987. The second kappa shape index (κ2) is 4.91. The summed E-state index contributed by atoms with van der Waals surface area (Å²) < 4.78 is 0. The molecule has 0 radical (unpaired) electrons. The smallest absolute Gasteiger partial charge is 0.272 e. The molecule has 0 fully saturated rings. The summed E-state index contributed by atoms with van der Waals surface area (Å²) in [4.78, 5) is 13.7. The zero-order valence-electron chi connectivity index (χ0n) is 10.3. The fraction of sp³-hybridized carbons (Fsp3) is 0.231. The molecule has 0 aliphatic heterocycles. The van der Waals surface area contributed by atoms with Crippen molar-refractivity contribution in [2.24, 2.45) is 0 Å². The molecule has 0 saturated heterocycles. The van der Waals surface area contributed by atoms with Crippen LogP contribution >= 0.6 is 0 Å². The summed E-state index contributed by atoms with van der Waals surface area (Å²) in [7, 11) is 1.74. The maximum absolute atomic E-state index is 12.1. The Bertz CT molecular complexity index is 520. The van der Waals surface area contributed by atoms with Crippen LogP contribution in [-0.4, -0.2) is 33.2 Å². The van der Waals surface area contributed by atoms with E-state index in [2.05, 4.69) is 10.2 Å². The zero-order valence-corrected chi connectivity index (χ0v) is 10.3. The molecule has 0 bridgehead atoms. The van der Waals surface area contributed by atoms with Crippen molar-refractivity contribution in [2.45, 2.75) is 13.0 Å². The molecule has 1 heterocycles. The summed E-state index contributed by atoms with van der Waals surface area (Å²) in [6.07, 6.45) is 1.55. The van der Waals surface area contributed by atoms with Gasteiger partial charge in [-0.3, -0.25) is 9.89 Å². The third kappa shape index (κ3) is 2.34. The van der Waals surface area contributed by atoms with Gasteiger partial charge >= 0.3 is 0 Å². The first-order valence-electron chi connectivity index (χ1n) is 5.65. The predicted molar refractivity (Wildman–Crippen MR) is 67.2 cm³/mol. The Morgan fingerprint density at radius 1 is 1.33 bits per heavy atom. The average Bonchev–Trinajstić information content (AvgIpc) is 2.91. The number of nitrogens with zero attached hydrogens (tertiary/aromatic N) is 2. The van der Waals surface area contributed by atoms with Crippen molar-refractivity contribution in [1.29, 1.82) is 0 Å². The number of amides is 1. The Kier molecular flexibility index (Phi) is 3.32. The second-order valence-electron chi connectivity index (χ2n) is 4.15. The van der Waals surface area contributed by atoms with Gasteiger partial charge in [0.05, 0.1) is 6.04 Å². The molecular weight excluding hydrogens is 230 g/mol. The van der Waals surface area contributed by atoms with Crippen LogP contribution in [0.1, 0.15) is 29.0 Å². The van der Waals surface area contributed by atoms with Crippen molar-refractivity contribution >= 4 is 5.91 Å². The van der Waals surface area contributed by atoms with Gasteiger partial charge in [-0.1, -0.05) is 12.1 Å². The van der Waals surface area contributed by atoms with E-state index in [-0.39, 0.29) is 17.7 Å². The van der Waals surface area contributed by atoms with Gasteiger partial charge in [0.2, 0.25) is 0 Å². The van der Waals surface area contributed by atoms with Crippen LogP contribution in [0.15, 0.2) is 36.5 Å². The number of phenols is 1. The lowest BCUT2D eigenvalue weighted by Gasteiger charge is -2.24. The minimum Gasteiger partial charge on any atom is -0.508 e. The van der Waals surface area contributed by atoms with Crippen LogP contribution in [0.5, 0.6) is 5.75 Å². The Labute approximate surface area is 105 Å². The van der Waals surface area contributed by atoms with E-state index in [0.29, 0.717) is 5.69 Å². The van der Waals surface area contributed by atoms with Crippen molar-refractivity contribution in [3.05, 3.63) is 47.8 Å². The van der Waals surface area contributed by atoms with Crippen molar-refractivity contribution in [3.63, 3.8) is 0 Å². The molecule has 1 amide bonds. The number of carbonyl (C=O) groups is 1. The number of nitrogens with one attached hydrogen (secondary N) is 1. The SMILES string of the molecule is CC(c1ccc(O)cc1)N(C)C(=O)c1ccn[nH]1. The van der Waals surface area contributed by atoms with Crippen molar-refractivity contribution < 1.29 is 9.90 Å². The van der Waals surface area contributed by atoms with E-state index in [1.807, 2.05) is 6.92 Å². The first-order valence-corrected chi connectivity index (χ1v) is 5.65. The first-order chi connectivity index (χ1) is 8.59. The highest BCUT2D eigenvalue weighted by Crippen LogP contribution is 2.22. The van der Waals surface area contributed by atoms with E-state index in [0.717, 1.165) is 5.56 Å². The van der Waals surface area contributed by atoms with E-state index in [9.17, 15) is 9.90 Å². The van der Waals surface area contributed by atoms with Crippen LogP contribution < -0.4 is 0 Å². The minimum atomic E-state index is -0.118. The van der Waals surface area contributed by atoms with Crippen LogP contribution in [-0.2, 0) is 0 Å². The maximum atomic E-state index is 12.1. The van der Waals surface area contributed by atoms with Crippen LogP contribution in [0, 0.1) is 0 Å². The van der Waals surface area contributed by atoms with Crippen LogP contribution in [0.2, 0.25) is 0 Å². The van der Waals surface area contributed by atoms with Gasteiger partial charge in [-0.25, -0.2) is 0 Å². The van der Waals surface area contributed by atoms with Gasteiger partial charge in [-0.05, 0) is 30.7 Å². The molecule has 94 valence electrons. The topological polar surface area (TPSA) is 69.2 Å². The molecule has 2 rings (SSSR count). The number of rotatable bonds is 3. The van der Waals surface area contributed by atoms with Crippen molar-refractivity contribution in [2.75, 3.05) is 7.05 Å². The normalized spacial score (nSPS) is 12.1. The van der Waals surface area contributed by atoms with Gasteiger partial charge in [-0.2, -0.15) is 5.10 Å². The quantitative estimate of drug-likeness (QED) is 0.868. The largest absolute Gasteiger partial charge is 0.508 e. The van der Waals surface area contributed by atoms with E-state index in [1.165, 1.54) is 0 Å². The molecule has 1 atom stereocenters. The third-order valence-corrected chi connectivity index (χ3v) is 3.01. The average molecular weight is 245 g/mol. The molecule has 0 aliphatic carbocycles. The lowest BCUT2D eigenvalue weighted by molar-refractivity contribution is 0.0736. The minimum absolute atomic E-state index is 0.0820. The molecule has 1 aromatic carbocycles. The fourth-order valence-electron chi connectivity index (χ4n) is 1.72. The summed E-state index contributed by atoms with van der Waals surface area (Å²) in [6.45, 7) is 1.93. The molecular formula is C13H15N3O2. The van der Waals surface area contributed by atoms with Gasteiger partial charge in [0, 0.05) is 13.2 Å². The Hall–Kier alpha value is -2.30. The maximum Gasteiger partial charge on any atom is 0.272 e. The van der Waals surface area contributed by atoms with Gasteiger partial charge in [0.1, 0.15) is 11.4 Å². The number of phenolic OH excluding ortho intramolecular Hbond substituents is 1. The van der Waals surface area contributed by atoms with Crippen LogP contribution in [0.3, 0.4) is 0 Å². The highest BCUT2D eigenvalue weighted by Gasteiger charge is 2.19. The number of aromatic hydroxyl groups is 1. The van der Waals surface area contributed by atoms with Crippen LogP contribution in [0.25, 0.3) is 0 Å². The number of hydrogen-bond donors (Lipinski definition) is 2. The molecule has 0 saturated carbocycles. The Morgan fingerprint density at radius 3 is 2.56 bits per heavy atom. The predicted octanol–water partition coefficient (Wildman–Crippen LogP) is 1.95.